The Kier molecular flexibility index (Phi) is 3.48. The number of aliphatic hydroxyl groups is 1. The fourth-order valence-electron chi connectivity index (χ4n) is 3.22. The van der Waals surface area contributed by atoms with Crippen LogP contribution in [0.4, 0.5) is 0 Å². The van der Waals surface area contributed by atoms with Crippen molar-refractivity contribution in [3.8, 4) is 11.3 Å². The van der Waals surface area contributed by atoms with Gasteiger partial charge in [-0.15, -0.1) is 0 Å². The molecule has 0 saturated carbocycles. The molecule has 5 aromatic rings. The number of benzene rings is 1. The van der Waals surface area contributed by atoms with Crippen molar-refractivity contribution >= 4 is 16.6 Å². The van der Waals surface area contributed by atoms with Crippen LogP contribution < -0.4 is 0 Å². The molecule has 7 nitrogen and oxygen atoms in total. The maximum absolute atomic E-state index is 11.0. The van der Waals surface area contributed by atoms with Gasteiger partial charge in [0, 0.05) is 30.4 Å². The maximum Gasteiger partial charge on any atom is 0.153 e. The van der Waals surface area contributed by atoms with Crippen LogP contribution >= 0.6 is 0 Å². The Morgan fingerprint density at radius 3 is 2.81 bits per heavy atom. The lowest BCUT2D eigenvalue weighted by Gasteiger charge is -2.11. The smallest absolute Gasteiger partial charge is 0.153 e. The number of aromatic nitrogens is 6. The number of pyridine rings is 1. The Hall–Kier alpha value is -3.58. The molecule has 0 amide bonds. The van der Waals surface area contributed by atoms with Gasteiger partial charge in [-0.3, -0.25) is 9.67 Å². The zero-order valence-corrected chi connectivity index (χ0v) is 14.6. The molecule has 4 aromatic heterocycles. The summed E-state index contributed by atoms with van der Waals surface area (Å²) < 4.78 is 3.41. The van der Waals surface area contributed by atoms with Crippen LogP contribution in [0.15, 0.2) is 67.3 Å². The molecule has 1 N–H and O–H groups in total. The van der Waals surface area contributed by atoms with Crippen LogP contribution in [-0.4, -0.2) is 34.5 Å². The van der Waals surface area contributed by atoms with Crippen molar-refractivity contribution in [1.29, 1.82) is 0 Å². The van der Waals surface area contributed by atoms with E-state index in [4.69, 9.17) is 0 Å². The summed E-state index contributed by atoms with van der Waals surface area (Å²) in [7, 11) is 1.86. The number of aryl methyl sites for hydroxylation is 1. The van der Waals surface area contributed by atoms with Gasteiger partial charge < -0.3 is 5.11 Å². The molecule has 0 aliphatic carbocycles. The van der Waals surface area contributed by atoms with E-state index in [9.17, 15) is 5.11 Å². The lowest BCUT2D eigenvalue weighted by molar-refractivity contribution is 0.213. The lowest BCUT2D eigenvalue weighted by Crippen LogP contribution is -2.06. The summed E-state index contributed by atoms with van der Waals surface area (Å²) in [5.74, 6) is 0. The zero-order valence-electron chi connectivity index (χ0n) is 14.6. The normalized spacial score (nSPS) is 12.7. The second-order valence-electron chi connectivity index (χ2n) is 6.43. The van der Waals surface area contributed by atoms with Crippen molar-refractivity contribution < 1.29 is 5.11 Å². The highest BCUT2D eigenvalue weighted by Crippen LogP contribution is 2.26. The summed E-state index contributed by atoms with van der Waals surface area (Å²) in [6.07, 6.45) is 6.23. The predicted octanol–water partition coefficient (Wildman–Crippen LogP) is 2.76. The maximum atomic E-state index is 11.0. The number of hydrogen-bond acceptors (Lipinski definition) is 5. The van der Waals surface area contributed by atoms with Gasteiger partial charge in [0.1, 0.15) is 6.10 Å². The SMILES string of the molecule is Cn1cc(-c2ccc3ncc([C@H](O)c4ccc5ncccc5c4)n3n2)cn1. The van der Waals surface area contributed by atoms with Crippen LogP contribution in [0.1, 0.15) is 17.4 Å². The molecule has 1 atom stereocenters. The van der Waals surface area contributed by atoms with Crippen LogP contribution in [-0.2, 0) is 7.05 Å². The molecule has 0 spiro atoms. The van der Waals surface area contributed by atoms with Crippen LogP contribution in [0.5, 0.6) is 0 Å². The molecule has 0 aliphatic heterocycles. The highest BCUT2D eigenvalue weighted by atomic mass is 16.3. The van der Waals surface area contributed by atoms with E-state index in [2.05, 4.69) is 20.2 Å². The molecule has 5 rings (SSSR count). The van der Waals surface area contributed by atoms with E-state index < -0.39 is 6.10 Å². The first-order chi connectivity index (χ1) is 13.2. The fraction of sp³-hybridized carbons (Fsp3) is 0.100. The standard InChI is InChI=1S/C20H16N6O/c1-25-12-15(10-23-25)17-6-7-19-22-11-18(26(19)24-17)20(27)14-4-5-16-13(9-14)3-2-8-21-16/h2-12,20,27H,1H3/t20-/m1/s1. The van der Waals surface area contributed by atoms with Crippen molar-refractivity contribution in [2.75, 3.05) is 0 Å². The molecule has 1 aromatic carbocycles. The molecule has 0 unspecified atom stereocenters. The molecule has 4 heterocycles. The van der Waals surface area contributed by atoms with Crippen LogP contribution in [0.25, 0.3) is 27.8 Å². The van der Waals surface area contributed by atoms with Gasteiger partial charge in [-0.05, 0) is 35.9 Å². The van der Waals surface area contributed by atoms with Gasteiger partial charge in [0.05, 0.1) is 29.3 Å². The summed E-state index contributed by atoms with van der Waals surface area (Å²) in [6, 6.07) is 13.4. The first-order valence-electron chi connectivity index (χ1n) is 8.55. The van der Waals surface area contributed by atoms with Crippen LogP contribution in [0.3, 0.4) is 0 Å². The molecule has 0 saturated heterocycles. The van der Waals surface area contributed by atoms with Gasteiger partial charge in [0.25, 0.3) is 0 Å². The van der Waals surface area contributed by atoms with E-state index in [0.29, 0.717) is 11.3 Å². The summed E-state index contributed by atoms with van der Waals surface area (Å²) in [5.41, 5.74) is 4.63. The van der Waals surface area contributed by atoms with Gasteiger partial charge in [-0.25, -0.2) is 9.50 Å². The number of fused-ring (bicyclic) bond motifs is 2. The number of rotatable bonds is 3. The average molecular weight is 356 g/mol. The fourth-order valence-corrected chi connectivity index (χ4v) is 3.22. The quantitative estimate of drug-likeness (QED) is 0.538. The molecule has 7 heteroatoms. The first-order valence-corrected chi connectivity index (χ1v) is 8.55. The second-order valence-corrected chi connectivity index (χ2v) is 6.43. The van der Waals surface area contributed by atoms with Gasteiger partial charge in [0.2, 0.25) is 0 Å². The van der Waals surface area contributed by atoms with E-state index >= 15 is 0 Å². The van der Waals surface area contributed by atoms with Gasteiger partial charge >= 0.3 is 0 Å². The molecular weight excluding hydrogens is 340 g/mol. The third-order valence-electron chi connectivity index (χ3n) is 4.61. The van der Waals surface area contributed by atoms with E-state index in [0.717, 1.165) is 27.7 Å². The van der Waals surface area contributed by atoms with Crippen LogP contribution in [0, 0.1) is 0 Å². The number of nitrogens with zero attached hydrogens (tertiary/aromatic N) is 6. The summed E-state index contributed by atoms with van der Waals surface area (Å²) >= 11 is 0. The Labute approximate surface area is 154 Å². The lowest BCUT2D eigenvalue weighted by atomic mass is 10.0. The summed E-state index contributed by atoms with van der Waals surface area (Å²) in [6.45, 7) is 0. The van der Waals surface area contributed by atoms with Gasteiger partial charge in [-0.1, -0.05) is 12.1 Å². The number of aliphatic hydroxyl groups excluding tert-OH is 1. The van der Waals surface area contributed by atoms with E-state index in [1.165, 1.54) is 0 Å². The van der Waals surface area contributed by atoms with Crippen LogP contribution in [0.2, 0.25) is 0 Å². The Morgan fingerprint density at radius 2 is 1.96 bits per heavy atom. The Balaban J connectivity index is 1.60. The Bertz CT molecular complexity index is 1270. The van der Waals surface area contributed by atoms with E-state index in [1.807, 2.05) is 55.7 Å². The summed E-state index contributed by atoms with van der Waals surface area (Å²) in [5, 5.41) is 20.8. The minimum absolute atomic E-state index is 0.610. The average Bonchev–Trinajstić information content (AvgIpc) is 3.32. The van der Waals surface area contributed by atoms with Crippen molar-refractivity contribution in [2.45, 2.75) is 6.10 Å². The number of imidazole rings is 1. The highest BCUT2D eigenvalue weighted by molar-refractivity contribution is 5.79. The van der Waals surface area contributed by atoms with E-state index in [1.54, 1.807) is 27.8 Å². The highest BCUT2D eigenvalue weighted by Gasteiger charge is 2.17. The van der Waals surface area contributed by atoms with E-state index in [-0.39, 0.29) is 0 Å². The van der Waals surface area contributed by atoms with Gasteiger partial charge in [0.15, 0.2) is 5.65 Å². The van der Waals surface area contributed by atoms with Crippen molar-refractivity contribution in [3.63, 3.8) is 0 Å². The topological polar surface area (TPSA) is 81.1 Å². The molecule has 0 aliphatic rings. The molecule has 0 radical (unpaired) electrons. The monoisotopic (exact) mass is 356 g/mol. The zero-order chi connectivity index (χ0) is 18.4. The minimum Gasteiger partial charge on any atom is -0.382 e. The summed E-state index contributed by atoms with van der Waals surface area (Å²) in [4.78, 5) is 8.70. The minimum atomic E-state index is -0.846. The second kappa shape index (κ2) is 6.00. The Morgan fingerprint density at radius 1 is 1.04 bits per heavy atom. The first kappa shape index (κ1) is 15.7. The number of hydrogen-bond donors (Lipinski definition) is 1. The van der Waals surface area contributed by atoms with Gasteiger partial charge in [-0.2, -0.15) is 10.2 Å². The molecule has 27 heavy (non-hydrogen) atoms. The molecule has 132 valence electrons. The third-order valence-corrected chi connectivity index (χ3v) is 4.61. The van der Waals surface area contributed by atoms with Crippen molar-refractivity contribution in [1.82, 2.24) is 29.4 Å². The molecular formula is C20H16N6O. The van der Waals surface area contributed by atoms with Crippen molar-refractivity contribution in [2.24, 2.45) is 7.05 Å². The molecule has 0 fully saturated rings. The molecule has 0 bridgehead atoms. The largest absolute Gasteiger partial charge is 0.382 e. The van der Waals surface area contributed by atoms with Crippen molar-refractivity contribution in [3.05, 3.63) is 78.5 Å². The third kappa shape index (κ3) is 2.65. The predicted molar refractivity (Wildman–Crippen MR) is 101 cm³/mol.